The Morgan fingerprint density at radius 2 is 1.86 bits per heavy atom. The lowest BCUT2D eigenvalue weighted by Gasteiger charge is -2.30. The van der Waals surface area contributed by atoms with Crippen LogP contribution in [-0.4, -0.2) is 52.1 Å². The maximum atomic E-state index is 13.0. The summed E-state index contributed by atoms with van der Waals surface area (Å²) >= 11 is 0. The molecule has 3 rings (SSSR count). The molecule has 156 valence electrons. The summed E-state index contributed by atoms with van der Waals surface area (Å²) in [5.74, 6) is -4.07. The molecule has 1 atom stereocenters. The molecule has 1 N–H and O–H groups in total. The molecule has 0 radical (unpaired) electrons. The van der Waals surface area contributed by atoms with E-state index in [2.05, 4.69) is 5.32 Å². The number of hydrogen-bond donors (Lipinski definition) is 1. The summed E-state index contributed by atoms with van der Waals surface area (Å²) in [6.45, 7) is 1.46. The lowest BCUT2D eigenvalue weighted by Crippen LogP contribution is -2.33. The Morgan fingerprint density at radius 3 is 2.48 bits per heavy atom. The van der Waals surface area contributed by atoms with Crippen LogP contribution in [0.2, 0.25) is 0 Å². The van der Waals surface area contributed by atoms with Gasteiger partial charge in [-0.2, -0.15) is 0 Å². The van der Waals surface area contributed by atoms with Crippen LogP contribution < -0.4 is 5.32 Å². The predicted octanol–water partition coefficient (Wildman–Crippen LogP) is 0.783. The van der Waals surface area contributed by atoms with Crippen LogP contribution >= 0.6 is 0 Å². The zero-order valence-electron chi connectivity index (χ0n) is 15.5. The average molecular weight is 442 g/mol. The number of nitrogens with zero attached hydrogens (tertiary/aromatic N) is 1. The molecule has 12 heteroatoms. The van der Waals surface area contributed by atoms with Gasteiger partial charge >= 0.3 is 5.97 Å². The summed E-state index contributed by atoms with van der Waals surface area (Å²) in [4.78, 5) is 23.1. The van der Waals surface area contributed by atoms with Crippen LogP contribution in [-0.2, 0) is 29.2 Å². The lowest BCUT2D eigenvalue weighted by atomic mass is 9.85. The molecule has 29 heavy (non-hydrogen) atoms. The summed E-state index contributed by atoms with van der Waals surface area (Å²) in [6, 6.07) is 5.44. The molecule has 0 saturated carbocycles. The number of esters is 1. The summed E-state index contributed by atoms with van der Waals surface area (Å²) in [7, 11) is -6.78. The summed E-state index contributed by atoms with van der Waals surface area (Å²) in [5, 5.41) is 14.3. The van der Waals surface area contributed by atoms with E-state index in [0.29, 0.717) is 0 Å². The van der Waals surface area contributed by atoms with Crippen LogP contribution in [0.25, 0.3) is 0 Å². The van der Waals surface area contributed by atoms with Gasteiger partial charge in [-0.25, -0.2) is 21.6 Å². The second kappa shape index (κ2) is 7.26. The van der Waals surface area contributed by atoms with Crippen LogP contribution in [0.4, 0.5) is 5.69 Å². The molecule has 1 aromatic rings. The van der Waals surface area contributed by atoms with E-state index in [9.17, 15) is 31.7 Å². The highest BCUT2D eigenvalue weighted by molar-refractivity contribution is 7.98. The van der Waals surface area contributed by atoms with E-state index >= 15 is 0 Å². The van der Waals surface area contributed by atoms with Gasteiger partial charge in [0.2, 0.25) is 0 Å². The highest BCUT2D eigenvalue weighted by atomic mass is 32.2. The fourth-order valence-corrected chi connectivity index (χ4v) is 7.68. The highest BCUT2D eigenvalue weighted by Crippen LogP contribution is 2.45. The molecule has 10 nitrogen and oxygen atoms in total. The van der Waals surface area contributed by atoms with Crippen molar-refractivity contribution in [2.24, 2.45) is 0 Å². The largest absolute Gasteiger partial charge is 0.466 e. The van der Waals surface area contributed by atoms with Crippen molar-refractivity contribution >= 4 is 31.3 Å². The van der Waals surface area contributed by atoms with Gasteiger partial charge in [0.15, 0.2) is 19.7 Å². The van der Waals surface area contributed by atoms with Gasteiger partial charge in [0, 0.05) is 23.0 Å². The Labute approximate surface area is 167 Å². The number of carbonyl (C=O) groups is 1. The van der Waals surface area contributed by atoms with Crippen LogP contribution in [0.5, 0.6) is 0 Å². The Morgan fingerprint density at radius 1 is 1.21 bits per heavy atom. The molecule has 2 aliphatic rings. The molecule has 2 heterocycles. The van der Waals surface area contributed by atoms with E-state index in [1.54, 1.807) is 0 Å². The molecule has 0 fully saturated rings. The minimum Gasteiger partial charge on any atom is -0.466 e. The standard InChI is InChI=1S/C17H18N2O8S2/c1-10-14(17(20)27-2)15(11-5-3-4-6-13(11)19(21)22)16-12(18-10)9-28(23,24)7-8-29(16,25)26/h3-6,15,18H,7-9H2,1-2H3. The number of nitro groups is 1. The Hall–Kier alpha value is -2.73. The molecule has 0 aromatic heterocycles. The normalized spacial score (nSPS) is 22.9. The summed E-state index contributed by atoms with van der Waals surface area (Å²) in [6.07, 6.45) is 0. The van der Waals surface area contributed by atoms with E-state index in [1.807, 2.05) is 0 Å². The SMILES string of the molecule is COC(=O)C1=C(C)NC2=C(C1c1ccccc1[N+](=O)[O-])S(=O)(=O)CCS(=O)(=O)C2. The first kappa shape index (κ1) is 21.0. The van der Waals surface area contributed by atoms with E-state index < -0.39 is 53.7 Å². The van der Waals surface area contributed by atoms with Crippen molar-refractivity contribution in [2.45, 2.75) is 12.8 Å². The molecule has 1 unspecified atom stereocenters. The van der Waals surface area contributed by atoms with Crippen molar-refractivity contribution in [3.8, 4) is 0 Å². The van der Waals surface area contributed by atoms with E-state index in [-0.39, 0.29) is 33.1 Å². The van der Waals surface area contributed by atoms with Crippen molar-refractivity contribution in [1.82, 2.24) is 5.32 Å². The number of hydrogen-bond acceptors (Lipinski definition) is 9. The fraction of sp³-hybridized carbons (Fsp3) is 0.353. The number of methoxy groups -OCH3 is 1. The van der Waals surface area contributed by atoms with Gasteiger partial charge in [-0.3, -0.25) is 10.1 Å². The van der Waals surface area contributed by atoms with Crippen LogP contribution in [0.1, 0.15) is 18.4 Å². The maximum Gasteiger partial charge on any atom is 0.336 e. The van der Waals surface area contributed by atoms with Crippen molar-refractivity contribution in [3.63, 3.8) is 0 Å². The maximum absolute atomic E-state index is 13.0. The summed E-state index contributed by atoms with van der Waals surface area (Å²) in [5.41, 5.74) is -0.470. The number of nitrogens with one attached hydrogen (secondary N) is 1. The number of benzene rings is 1. The smallest absolute Gasteiger partial charge is 0.336 e. The Balaban J connectivity index is 2.40. The first-order valence-corrected chi connectivity index (χ1v) is 11.9. The number of sulfone groups is 2. The zero-order chi connectivity index (χ0) is 21.6. The van der Waals surface area contributed by atoms with E-state index in [1.165, 1.54) is 31.2 Å². The average Bonchev–Trinajstić information content (AvgIpc) is 2.73. The third-order valence-electron chi connectivity index (χ3n) is 4.80. The van der Waals surface area contributed by atoms with Gasteiger partial charge in [0.05, 0.1) is 45.7 Å². The van der Waals surface area contributed by atoms with Crippen LogP contribution in [0.3, 0.4) is 0 Å². The zero-order valence-corrected chi connectivity index (χ0v) is 17.2. The van der Waals surface area contributed by atoms with E-state index in [0.717, 1.165) is 7.11 Å². The second-order valence-corrected chi connectivity index (χ2v) is 10.9. The molecule has 0 spiro atoms. The van der Waals surface area contributed by atoms with Gasteiger partial charge in [-0.15, -0.1) is 0 Å². The van der Waals surface area contributed by atoms with Gasteiger partial charge in [-0.05, 0) is 6.92 Å². The van der Waals surface area contributed by atoms with Crippen molar-refractivity contribution in [3.05, 3.63) is 61.8 Å². The molecular formula is C17H18N2O8S2. The third kappa shape index (κ3) is 3.77. The van der Waals surface area contributed by atoms with Gasteiger partial charge in [0.1, 0.15) is 0 Å². The van der Waals surface area contributed by atoms with Crippen molar-refractivity contribution < 1.29 is 31.3 Å². The topological polar surface area (TPSA) is 150 Å². The molecule has 0 saturated heterocycles. The monoisotopic (exact) mass is 442 g/mol. The molecular weight excluding hydrogens is 424 g/mol. The first-order chi connectivity index (χ1) is 13.5. The van der Waals surface area contributed by atoms with Crippen molar-refractivity contribution in [2.75, 3.05) is 24.4 Å². The van der Waals surface area contributed by atoms with Crippen molar-refractivity contribution in [1.29, 1.82) is 0 Å². The highest BCUT2D eigenvalue weighted by Gasteiger charge is 2.45. The molecule has 1 aromatic carbocycles. The van der Waals surface area contributed by atoms with Gasteiger partial charge in [0.25, 0.3) is 5.69 Å². The fourth-order valence-electron chi connectivity index (χ4n) is 3.57. The number of allylic oxidation sites excluding steroid dienone is 2. The molecule has 2 aliphatic heterocycles. The number of ether oxygens (including phenoxy) is 1. The van der Waals surface area contributed by atoms with Crippen LogP contribution in [0.15, 0.2) is 46.1 Å². The number of rotatable bonds is 3. The lowest BCUT2D eigenvalue weighted by molar-refractivity contribution is -0.385. The molecule has 0 aliphatic carbocycles. The minimum absolute atomic E-state index is 0.0332. The number of dihydropyridines is 1. The molecule has 0 bridgehead atoms. The summed E-state index contributed by atoms with van der Waals surface area (Å²) < 4.78 is 55.4. The van der Waals surface area contributed by atoms with Gasteiger partial charge < -0.3 is 10.1 Å². The Kier molecular flexibility index (Phi) is 5.26. The first-order valence-electron chi connectivity index (χ1n) is 8.44. The predicted molar refractivity (Wildman–Crippen MR) is 103 cm³/mol. The van der Waals surface area contributed by atoms with Gasteiger partial charge in [-0.1, -0.05) is 18.2 Å². The number of nitro benzene ring substituents is 1. The molecule has 0 amide bonds. The van der Waals surface area contributed by atoms with E-state index in [4.69, 9.17) is 4.74 Å². The van der Waals surface area contributed by atoms with Crippen LogP contribution in [0, 0.1) is 10.1 Å². The quantitative estimate of drug-likeness (QED) is 0.407. The third-order valence-corrected chi connectivity index (χ3v) is 8.51. The number of para-hydroxylation sites is 1. The number of carbonyl (C=O) groups excluding carboxylic acids is 1. The minimum atomic E-state index is -4.16. The second-order valence-electron chi connectivity index (χ2n) is 6.66. The Bertz CT molecular complexity index is 1180.